The molecule has 2 rings (SSSR count). The lowest BCUT2D eigenvalue weighted by atomic mass is 9.78. The minimum Gasteiger partial charge on any atom is -0.430 e. The minimum atomic E-state index is -3.34. The van der Waals surface area contributed by atoms with Gasteiger partial charge in [0.1, 0.15) is 5.75 Å². The average molecular weight is 532 g/mol. The standard InChI is InChI=1S/C15H23Cl5N3OP3/c1-10-8-11(14(2,3)4)13(12(9-10)15(5,6)7)24-27(20)22-25(16,17)21-26(18,19)23-27/h8-9H,1-7H3. The Morgan fingerprint density at radius 1 is 0.741 bits per heavy atom. The number of rotatable bonds is 2. The first kappa shape index (κ1) is 24.4. The van der Waals surface area contributed by atoms with Gasteiger partial charge < -0.3 is 4.52 Å². The monoisotopic (exact) mass is 529 g/mol. The van der Waals surface area contributed by atoms with Crippen molar-refractivity contribution in [2.45, 2.75) is 59.3 Å². The van der Waals surface area contributed by atoms with Gasteiger partial charge in [-0.2, -0.15) is 13.5 Å². The zero-order chi connectivity index (χ0) is 21.1. The SMILES string of the molecule is Cc1cc(C(C)(C)C)c(O[P@@]2(Cl)=NP(Cl)(Cl)=NP(Cl)(Cl)=N2)c(C(C)(C)C)c1. The first-order chi connectivity index (χ1) is 11.8. The van der Waals surface area contributed by atoms with Crippen LogP contribution >= 0.6 is 74.8 Å². The largest absolute Gasteiger partial charge is 0.430 e. The van der Waals surface area contributed by atoms with E-state index in [0.717, 1.165) is 16.7 Å². The molecule has 0 N–H and O–H groups in total. The number of hydrogen-bond acceptors (Lipinski definition) is 4. The molecule has 1 aliphatic heterocycles. The summed E-state index contributed by atoms with van der Waals surface area (Å²) in [5.74, 6) is -5.69. The van der Waals surface area contributed by atoms with E-state index >= 15 is 0 Å². The number of halogens is 5. The van der Waals surface area contributed by atoms with Crippen LogP contribution in [0.5, 0.6) is 5.75 Å². The molecule has 0 unspecified atom stereocenters. The fourth-order valence-electron chi connectivity index (χ4n) is 2.59. The van der Waals surface area contributed by atoms with Gasteiger partial charge in [-0.25, -0.2) is 0 Å². The average Bonchev–Trinajstić information content (AvgIpc) is 2.32. The Hall–Kier alpha value is 1.16. The van der Waals surface area contributed by atoms with Gasteiger partial charge in [0.2, 0.25) is 0 Å². The van der Waals surface area contributed by atoms with Crippen molar-refractivity contribution in [1.82, 2.24) is 0 Å². The maximum absolute atomic E-state index is 6.68. The van der Waals surface area contributed by atoms with E-state index in [0.29, 0.717) is 5.75 Å². The highest BCUT2D eigenvalue weighted by atomic mass is 35.9. The van der Waals surface area contributed by atoms with Crippen molar-refractivity contribution in [3.8, 4) is 5.75 Å². The van der Waals surface area contributed by atoms with Gasteiger partial charge in [-0.15, -0.1) is 0 Å². The molecular weight excluding hydrogens is 508 g/mol. The fourth-order valence-corrected chi connectivity index (χ4v) is 19.1. The Bertz CT molecular complexity index is 892. The Kier molecular flexibility index (Phi) is 6.96. The van der Waals surface area contributed by atoms with E-state index < -0.39 is 18.6 Å². The number of nitrogens with zero attached hydrogens (tertiary/aromatic N) is 3. The van der Waals surface area contributed by atoms with E-state index in [9.17, 15) is 0 Å². The normalized spacial score (nSPS) is 24.4. The molecule has 0 fully saturated rings. The molecule has 0 amide bonds. The molecule has 4 nitrogen and oxygen atoms in total. The summed E-state index contributed by atoms with van der Waals surface area (Å²) >= 11 is 31.5. The second-order valence-corrected chi connectivity index (χ2v) is 21.5. The molecule has 0 aromatic heterocycles. The minimum absolute atomic E-state index is 0.208. The van der Waals surface area contributed by atoms with E-state index in [2.05, 4.69) is 74.1 Å². The summed E-state index contributed by atoms with van der Waals surface area (Å²) in [5.41, 5.74) is 2.68. The van der Waals surface area contributed by atoms with E-state index in [1.807, 2.05) is 0 Å². The molecule has 1 aliphatic rings. The van der Waals surface area contributed by atoms with E-state index in [1.54, 1.807) is 0 Å². The molecular formula is C15H23Cl5N3OP3. The summed E-state index contributed by atoms with van der Waals surface area (Å²) < 4.78 is 18.7. The molecule has 1 aromatic carbocycles. The fraction of sp³-hybridized carbons (Fsp3) is 0.600. The molecule has 154 valence electrons. The molecule has 0 bridgehead atoms. The second-order valence-electron chi connectivity index (χ2n) is 8.43. The van der Waals surface area contributed by atoms with Crippen LogP contribution in [0.3, 0.4) is 0 Å². The topological polar surface area (TPSA) is 46.3 Å². The van der Waals surface area contributed by atoms with Gasteiger partial charge in [0.15, 0.2) is 0 Å². The zero-order valence-corrected chi connectivity index (χ0v) is 22.6. The predicted octanol–water partition coefficient (Wildman–Crippen LogP) is 11.0. The zero-order valence-electron chi connectivity index (χ0n) is 16.1. The van der Waals surface area contributed by atoms with E-state index in [-0.39, 0.29) is 10.8 Å². The molecule has 0 radical (unpaired) electrons. The van der Waals surface area contributed by atoms with Crippen LogP contribution in [0.1, 0.15) is 58.2 Å². The van der Waals surface area contributed by atoms with Crippen molar-refractivity contribution < 1.29 is 4.52 Å². The molecule has 27 heavy (non-hydrogen) atoms. The molecule has 0 spiro atoms. The molecule has 1 heterocycles. The third kappa shape index (κ3) is 6.32. The Balaban J connectivity index is 2.82. The van der Waals surface area contributed by atoms with Crippen LogP contribution in [0, 0.1) is 6.92 Å². The lowest BCUT2D eigenvalue weighted by molar-refractivity contribution is 0.502. The maximum Gasteiger partial charge on any atom is 0.350 e. The Morgan fingerprint density at radius 2 is 1.15 bits per heavy atom. The van der Waals surface area contributed by atoms with Crippen LogP contribution in [0.4, 0.5) is 0 Å². The summed E-state index contributed by atoms with van der Waals surface area (Å²) in [6.07, 6.45) is 0. The van der Waals surface area contributed by atoms with Gasteiger partial charge in [-0.05, 0) is 74.0 Å². The van der Waals surface area contributed by atoms with E-state index in [4.69, 9.17) is 60.7 Å². The predicted molar refractivity (Wildman–Crippen MR) is 127 cm³/mol. The van der Waals surface area contributed by atoms with Crippen molar-refractivity contribution in [2.24, 2.45) is 13.5 Å². The second kappa shape index (κ2) is 7.69. The highest BCUT2D eigenvalue weighted by Gasteiger charge is 2.37. The molecule has 0 aliphatic carbocycles. The third-order valence-corrected chi connectivity index (χ3v) is 15.6. The molecule has 12 heteroatoms. The number of hydrogen-bond donors (Lipinski definition) is 0. The lowest BCUT2D eigenvalue weighted by Gasteiger charge is -2.32. The van der Waals surface area contributed by atoms with Gasteiger partial charge >= 0.3 is 6.78 Å². The lowest BCUT2D eigenvalue weighted by Crippen LogP contribution is -2.19. The summed E-state index contributed by atoms with van der Waals surface area (Å²) in [4.78, 5) is 0. The number of aryl methyl sites for hydroxylation is 1. The van der Waals surface area contributed by atoms with Crippen molar-refractivity contribution >= 4 is 74.8 Å². The number of benzene rings is 1. The van der Waals surface area contributed by atoms with Gasteiger partial charge in [-0.3, -0.25) is 0 Å². The van der Waals surface area contributed by atoms with E-state index in [1.165, 1.54) is 0 Å². The molecule has 0 saturated heterocycles. The van der Waals surface area contributed by atoms with Crippen LogP contribution in [-0.2, 0) is 10.8 Å². The maximum atomic E-state index is 6.68. The van der Waals surface area contributed by atoms with Gasteiger partial charge in [0.25, 0.3) is 11.8 Å². The van der Waals surface area contributed by atoms with Crippen LogP contribution in [0.2, 0.25) is 0 Å². The van der Waals surface area contributed by atoms with Crippen molar-refractivity contribution in [3.63, 3.8) is 0 Å². The summed E-state index contributed by atoms with van der Waals surface area (Å²) in [6.45, 7) is 11.3. The summed E-state index contributed by atoms with van der Waals surface area (Å²) in [6, 6.07) is 4.16. The Morgan fingerprint density at radius 3 is 1.52 bits per heavy atom. The smallest absolute Gasteiger partial charge is 0.350 e. The first-order valence-electron chi connectivity index (χ1n) is 8.09. The van der Waals surface area contributed by atoms with Crippen LogP contribution in [-0.4, -0.2) is 0 Å². The third-order valence-electron chi connectivity index (χ3n) is 3.71. The summed E-state index contributed by atoms with van der Waals surface area (Å²) in [5, 5.41) is 0. The molecule has 0 saturated carbocycles. The van der Waals surface area contributed by atoms with Gasteiger partial charge in [0.05, 0.1) is 0 Å². The Labute approximate surface area is 186 Å². The van der Waals surface area contributed by atoms with Gasteiger partial charge in [0, 0.05) is 11.1 Å². The highest BCUT2D eigenvalue weighted by Crippen LogP contribution is 2.86. The van der Waals surface area contributed by atoms with Crippen LogP contribution in [0.25, 0.3) is 0 Å². The quantitative estimate of drug-likeness (QED) is 0.350. The van der Waals surface area contributed by atoms with Crippen molar-refractivity contribution in [1.29, 1.82) is 0 Å². The first-order valence-corrected chi connectivity index (χ1v) is 17.6. The van der Waals surface area contributed by atoms with Crippen molar-refractivity contribution in [2.75, 3.05) is 0 Å². The van der Waals surface area contributed by atoms with Crippen LogP contribution < -0.4 is 4.52 Å². The summed E-state index contributed by atoms with van der Waals surface area (Å²) in [7, 11) is 0. The molecule has 1 aromatic rings. The van der Waals surface area contributed by atoms with Crippen molar-refractivity contribution in [3.05, 3.63) is 28.8 Å². The van der Waals surface area contributed by atoms with Crippen LogP contribution in [0.15, 0.2) is 25.7 Å². The van der Waals surface area contributed by atoms with Gasteiger partial charge in [-0.1, -0.05) is 59.2 Å². The molecule has 1 atom stereocenters. The highest BCUT2D eigenvalue weighted by molar-refractivity contribution is 8.22.